The van der Waals surface area contributed by atoms with Gasteiger partial charge < -0.3 is 29.2 Å². The summed E-state index contributed by atoms with van der Waals surface area (Å²) in [5.74, 6) is -0.938. The van der Waals surface area contributed by atoms with Crippen LogP contribution in [0, 0.1) is 10.8 Å². The number of carbonyl (C=O) groups excluding carboxylic acids is 2. The first-order valence-electron chi connectivity index (χ1n) is 9.24. The van der Waals surface area contributed by atoms with E-state index in [0.717, 1.165) is 5.57 Å². The van der Waals surface area contributed by atoms with Gasteiger partial charge in [-0.1, -0.05) is 13.0 Å². The smallest absolute Gasteiger partial charge is 0.303 e. The number of aliphatic hydroxyl groups is 2. The van der Waals surface area contributed by atoms with E-state index in [1.165, 1.54) is 13.8 Å². The zero-order chi connectivity index (χ0) is 19.8. The molecule has 4 rings (SSSR count). The van der Waals surface area contributed by atoms with Crippen LogP contribution >= 0.6 is 0 Å². The molecule has 1 unspecified atom stereocenters. The van der Waals surface area contributed by atoms with E-state index < -0.39 is 58.9 Å². The Morgan fingerprint density at radius 1 is 1.30 bits per heavy atom. The van der Waals surface area contributed by atoms with Gasteiger partial charge in [-0.05, 0) is 18.9 Å². The Labute approximate surface area is 157 Å². The molecule has 2 saturated heterocycles. The summed E-state index contributed by atoms with van der Waals surface area (Å²) in [6, 6.07) is 0. The minimum absolute atomic E-state index is 0.287. The van der Waals surface area contributed by atoms with Crippen molar-refractivity contribution in [1.29, 1.82) is 0 Å². The van der Waals surface area contributed by atoms with Gasteiger partial charge in [-0.3, -0.25) is 9.59 Å². The van der Waals surface area contributed by atoms with E-state index in [0.29, 0.717) is 6.61 Å². The molecular weight excluding hydrogens is 356 g/mol. The lowest BCUT2D eigenvalue weighted by atomic mass is 9.51. The maximum absolute atomic E-state index is 11.8. The lowest BCUT2D eigenvalue weighted by Crippen LogP contribution is -2.67. The van der Waals surface area contributed by atoms with Crippen molar-refractivity contribution in [2.45, 2.75) is 70.2 Å². The van der Waals surface area contributed by atoms with Crippen molar-refractivity contribution >= 4 is 11.9 Å². The molecule has 0 aromatic carbocycles. The maximum Gasteiger partial charge on any atom is 0.303 e. The summed E-state index contributed by atoms with van der Waals surface area (Å²) >= 11 is 0. The highest BCUT2D eigenvalue weighted by molar-refractivity contribution is 5.67. The number of hydrogen-bond acceptors (Lipinski definition) is 8. The van der Waals surface area contributed by atoms with E-state index in [2.05, 4.69) is 0 Å². The number of esters is 2. The molecule has 8 nitrogen and oxygen atoms in total. The lowest BCUT2D eigenvalue weighted by Gasteiger charge is -2.58. The van der Waals surface area contributed by atoms with Crippen LogP contribution in [0.15, 0.2) is 11.6 Å². The Balaban J connectivity index is 1.85. The summed E-state index contributed by atoms with van der Waals surface area (Å²) in [5.41, 5.74) is -1.88. The van der Waals surface area contributed by atoms with Gasteiger partial charge in [0.05, 0.1) is 24.7 Å². The maximum atomic E-state index is 11.8. The molecule has 2 bridgehead atoms. The number of aliphatic hydroxyl groups excluding tert-OH is 2. The molecule has 2 aliphatic heterocycles. The average Bonchev–Trinajstić information content (AvgIpc) is 3.36. The second-order valence-corrected chi connectivity index (χ2v) is 8.41. The zero-order valence-electron chi connectivity index (χ0n) is 15.9. The van der Waals surface area contributed by atoms with Crippen LogP contribution in [0.3, 0.4) is 0 Å². The van der Waals surface area contributed by atoms with Crippen molar-refractivity contribution < 1.29 is 38.7 Å². The monoisotopic (exact) mass is 382 g/mol. The van der Waals surface area contributed by atoms with Gasteiger partial charge in [-0.25, -0.2) is 0 Å². The summed E-state index contributed by atoms with van der Waals surface area (Å²) in [6.07, 6.45) is -1.55. The summed E-state index contributed by atoms with van der Waals surface area (Å²) in [5, 5.41) is 21.5. The second kappa shape index (κ2) is 5.76. The van der Waals surface area contributed by atoms with E-state index in [1.54, 1.807) is 0 Å². The van der Waals surface area contributed by atoms with Crippen LogP contribution in [0.1, 0.15) is 34.1 Å². The van der Waals surface area contributed by atoms with Gasteiger partial charge in [-0.15, -0.1) is 0 Å². The largest absolute Gasteiger partial charge is 0.459 e. The first-order chi connectivity index (χ1) is 12.6. The molecule has 8 atom stereocenters. The fraction of sp³-hybridized carbons (Fsp3) is 0.789. The standard InChI is InChI=1S/C19H26O8/c1-9-5-13-18(7-20,6-12(9)25-10(2)21)17(4)15(26-11(3)22)14(23)16(27-13)19(17)8-24-19/h5,12-16,20,23H,6-8H2,1-4H3/t12-,13+,14+,15+,16?,17-,18+,19-/m0/s1. The third-order valence-corrected chi connectivity index (χ3v) is 7.21. The molecule has 4 aliphatic rings. The molecule has 1 spiro atoms. The number of carbonyl (C=O) groups is 2. The molecule has 2 N–H and O–H groups in total. The van der Waals surface area contributed by atoms with Crippen LogP contribution in [-0.2, 0) is 28.5 Å². The van der Waals surface area contributed by atoms with E-state index in [1.807, 2.05) is 19.9 Å². The lowest BCUT2D eigenvalue weighted by molar-refractivity contribution is -0.237. The minimum atomic E-state index is -1.07. The molecule has 1 saturated carbocycles. The summed E-state index contributed by atoms with van der Waals surface area (Å²) in [4.78, 5) is 23.3. The van der Waals surface area contributed by atoms with E-state index in [-0.39, 0.29) is 13.0 Å². The average molecular weight is 382 g/mol. The number of hydrogen-bond donors (Lipinski definition) is 2. The van der Waals surface area contributed by atoms with Crippen molar-refractivity contribution in [3.8, 4) is 0 Å². The van der Waals surface area contributed by atoms with Crippen molar-refractivity contribution in [1.82, 2.24) is 0 Å². The van der Waals surface area contributed by atoms with Gasteiger partial charge >= 0.3 is 11.9 Å². The first kappa shape index (κ1) is 18.9. The van der Waals surface area contributed by atoms with Crippen LogP contribution in [0.25, 0.3) is 0 Å². The highest BCUT2D eigenvalue weighted by Gasteiger charge is 2.85. The Kier molecular flexibility index (Phi) is 4.03. The molecule has 2 aliphatic carbocycles. The highest BCUT2D eigenvalue weighted by Crippen LogP contribution is 2.71. The highest BCUT2D eigenvalue weighted by atomic mass is 16.7. The molecule has 0 amide bonds. The fourth-order valence-electron chi connectivity index (χ4n) is 5.72. The summed E-state index contributed by atoms with van der Waals surface area (Å²) < 4.78 is 23.1. The molecule has 150 valence electrons. The minimum Gasteiger partial charge on any atom is -0.459 e. The normalized spacial score (nSPS) is 50.0. The van der Waals surface area contributed by atoms with E-state index in [9.17, 15) is 19.8 Å². The Bertz CT molecular complexity index is 712. The zero-order valence-corrected chi connectivity index (χ0v) is 15.9. The Morgan fingerprint density at radius 2 is 1.93 bits per heavy atom. The van der Waals surface area contributed by atoms with Gasteiger partial charge in [-0.2, -0.15) is 0 Å². The van der Waals surface area contributed by atoms with Gasteiger partial charge in [0.1, 0.15) is 30.0 Å². The summed E-state index contributed by atoms with van der Waals surface area (Å²) in [7, 11) is 0. The number of rotatable bonds is 3. The van der Waals surface area contributed by atoms with E-state index >= 15 is 0 Å². The molecule has 2 heterocycles. The van der Waals surface area contributed by atoms with Gasteiger partial charge in [0.15, 0.2) is 0 Å². The van der Waals surface area contributed by atoms with Crippen LogP contribution < -0.4 is 0 Å². The fourth-order valence-corrected chi connectivity index (χ4v) is 5.72. The topological polar surface area (TPSA) is 115 Å². The molecule has 8 heteroatoms. The summed E-state index contributed by atoms with van der Waals surface area (Å²) in [6.45, 7) is 6.40. The van der Waals surface area contributed by atoms with Crippen molar-refractivity contribution in [2.75, 3.05) is 13.2 Å². The van der Waals surface area contributed by atoms with Crippen molar-refractivity contribution in [2.24, 2.45) is 10.8 Å². The first-order valence-corrected chi connectivity index (χ1v) is 9.24. The van der Waals surface area contributed by atoms with Crippen LogP contribution in [0.4, 0.5) is 0 Å². The number of ether oxygens (including phenoxy) is 4. The predicted molar refractivity (Wildman–Crippen MR) is 90.5 cm³/mol. The second-order valence-electron chi connectivity index (χ2n) is 8.41. The van der Waals surface area contributed by atoms with Crippen molar-refractivity contribution in [3.63, 3.8) is 0 Å². The third-order valence-electron chi connectivity index (χ3n) is 7.21. The quantitative estimate of drug-likeness (QED) is 0.401. The van der Waals surface area contributed by atoms with Crippen molar-refractivity contribution in [3.05, 3.63) is 11.6 Å². The molecule has 0 radical (unpaired) electrons. The van der Waals surface area contributed by atoms with Crippen LogP contribution in [0.2, 0.25) is 0 Å². The van der Waals surface area contributed by atoms with Gasteiger partial charge in [0.25, 0.3) is 0 Å². The number of epoxide rings is 1. The molecule has 0 aromatic heterocycles. The molecular formula is C19H26O8. The van der Waals surface area contributed by atoms with Crippen LogP contribution in [-0.4, -0.2) is 71.5 Å². The predicted octanol–water partition coefficient (Wildman–Crippen LogP) is 0.0957. The van der Waals surface area contributed by atoms with Gasteiger partial charge in [0, 0.05) is 19.3 Å². The number of fused-ring (bicyclic) bond motifs is 2. The Hall–Kier alpha value is -1.48. The molecule has 27 heavy (non-hydrogen) atoms. The van der Waals surface area contributed by atoms with Crippen LogP contribution in [0.5, 0.6) is 0 Å². The SMILES string of the molecule is CC(=O)O[C@H]1C[C@@]2(CO)[C@@H](C=C1C)OC1[C@H](O)[C@@H](OC(C)=O)[C@]2(C)[C@]12CO2. The Morgan fingerprint density at radius 3 is 2.44 bits per heavy atom. The van der Waals surface area contributed by atoms with Gasteiger partial charge in [0.2, 0.25) is 0 Å². The molecule has 0 aromatic rings. The molecule has 3 fully saturated rings. The van der Waals surface area contributed by atoms with E-state index in [4.69, 9.17) is 18.9 Å². The third kappa shape index (κ3) is 2.18.